The lowest BCUT2D eigenvalue weighted by Gasteiger charge is -2.02. The summed E-state index contributed by atoms with van der Waals surface area (Å²) in [6.07, 6.45) is 3.43. The molecule has 0 bridgehead atoms. The second kappa shape index (κ2) is 3.53. The van der Waals surface area contributed by atoms with Crippen LogP contribution in [0.25, 0.3) is 21.8 Å². The maximum Gasteiger partial charge on any atom is 0.265 e. The average molecular weight is 227 g/mol. The van der Waals surface area contributed by atoms with E-state index >= 15 is 0 Å². The zero-order valence-corrected chi connectivity index (χ0v) is 8.77. The molecule has 1 aromatic carbocycles. The van der Waals surface area contributed by atoms with Crippen molar-refractivity contribution in [2.75, 3.05) is 0 Å². The predicted octanol–water partition coefficient (Wildman–Crippen LogP) is 0.715. The number of nitrogens with one attached hydrogen (secondary N) is 2. The molecule has 2 aromatic heterocycles. The van der Waals surface area contributed by atoms with Crippen LogP contribution >= 0.6 is 0 Å². The van der Waals surface area contributed by atoms with E-state index < -0.39 is 0 Å². The number of carbonyl (C=O) groups excluding carboxylic acids is 1. The van der Waals surface area contributed by atoms with Crippen molar-refractivity contribution in [2.45, 2.75) is 0 Å². The Labute approximate surface area is 95.8 Å². The van der Waals surface area contributed by atoms with Crippen LogP contribution in [-0.4, -0.2) is 21.1 Å². The number of rotatable bonds is 1. The highest BCUT2D eigenvalue weighted by Crippen LogP contribution is 2.22. The fraction of sp³-hybridized carbons (Fsp3) is 0. The summed E-state index contributed by atoms with van der Waals surface area (Å²) in [7, 11) is 0. The van der Waals surface area contributed by atoms with Crippen LogP contribution in [0.4, 0.5) is 0 Å². The van der Waals surface area contributed by atoms with Crippen LogP contribution in [0.3, 0.4) is 0 Å². The molecule has 3 rings (SSSR count). The lowest BCUT2D eigenvalue weighted by molar-refractivity contribution is 0.0954. The first-order valence-corrected chi connectivity index (χ1v) is 5.02. The highest BCUT2D eigenvalue weighted by Gasteiger charge is 2.08. The topological polar surface area (TPSA) is 96.7 Å². The standard InChI is InChI=1S/C11H9N5O/c12-15-11(17)6-1-2-9-8(3-6)10-7(4-13-9)5-14-16-10/h1-5H,12H2,(H,14,16)(H,15,17). The van der Waals surface area contributed by atoms with Crippen molar-refractivity contribution in [1.29, 1.82) is 0 Å². The number of pyridine rings is 1. The van der Waals surface area contributed by atoms with Crippen molar-refractivity contribution < 1.29 is 4.79 Å². The van der Waals surface area contributed by atoms with E-state index in [9.17, 15) is 4.79 Å². The smallest absolute Gasteiger partial charge is 0.265 e. The highest BCUT2D eigenvalue weighted by atomic mass is 16.2. The van der Waals surface area contributed by atoms with E-state index in [4.69, 9.17) is 5.84 Å². The molecule has 0 saturated heterocycles. The van der Waals surface area contributed by atoms with Gasteiger partial charge < -0.3 is 0 Å². The third-order valence-corrected chi connectivity index (χ3v) is 2.67. The van der Waals surface area contributed by atoms with Crippen molar-refractivity contribution in [2.24, 2.45) is 5.84 Å². The summed E-state index contributed by atoms with van der Waals surface area (Å²) in [6, 6.07) is 5.20. The second-order valence-electron chi connectivity index (χ2n) is 3.66. The van der Waals surface area contributed by atoms with Gasteiger partial charge in [-0.2, -0.15) is 5.10 Å². The van der Waals surface area contributed by atoms with E-state index in [1.807, 2.05) is 0 Å². The molecule has 6 nitrogen and oxygen atoms in total. The zero-order valence-electron chi connectivity index (χ0n) is 8.77. The molecule has 0 aliphatic rings. The minimum atomic E-state index is -0.330. The molecule has 0 unspecified atom stereocenters. The van der Waals surface area contributed by atoms with Crippen molar-refractivity contribution in [1.82, 2.24) is 20.6 Å². The molecule has 0 fully saturated rings. The number of hydrogen-bond donors (Lipinski definition) is 3. The third kappa shape index (κ3) is 1.42. The molecule has 0 atom stereocenters. The summed E-state index contributed by atoms with van der Waals surface area (Å²) >= 11 is 0. The maximum atomic E-state index is 11.4. The summed E-state index contributed by atoms with van der Waals surface area (Å²) in [5.74, 6) is 4.78. The van der Waals surface area contributed by atoms with Gasteiger partial charge in [-0.1, -0.05) is 0 Å². The number of aromatic amines is 1. The van der Waals surface area contributed by atoms with Crippen LogP contribution < -0.4 is 11.3 Å². The van der Waals surface area contributed by atoms with Crippen LogP contribution in [-0.2, 0) is 0 Å². The summed E-state index contributed by atoms with van der Waals surface area (Å²) in [6.45, 7) is 0. The Bertz CT molecular complexity index is 718. The molecule has 1 amide bonds. The van der Waals surface area contributed by atoms with Gasteiger partial charge in [-0.05, 0) is 18.2 Å². The zero-order chi connectivity index (χ0) is 11.8. The molecule has 17 heavy (non-hydrogen) atoms. The monoisotopic (exact) mass is 227 g/mol. The number of nitrogen functional groups attached to an aromatic ring is 1. The Morgan fingerprint density at radius 2 is 2.24 bits per heavy atom. The van der Waals surface area contributed by atoms with Gasteiger partial charge in [-0.15, -0.1) is 0 Å². The van der Waals surface area contributed by atoms with Gasteiger partial charge in [-0.25, -0.2) is 5.84 Å². The molecule has 0 spiro atoms. The van der Waals surface area contributed by atoms with Crippen LogP contribution in [0.1, 0.15) is 10.4 Å². The normalized spacial score (nSPS) is 10.9. The number of benzene rings is 1. The molecule has 84 valence electrons. The number of nitrogens with two attached hydrogens (primary N) is 1. The molecular weight excluding hydrogens is 218 g/mol. The number of nitrogens with zero attached hydrogens (tertiary/aromatic N) is 2. The van der Waals surface area contributed by atoms with Crippen LogP contribution in [0.2, 0.25) is 0 Å². The fourth-order valence-electron chi connectivity index (χ4n) is 1.82. The molecule has 0 saturated carbocycles. The van der Waals surface area contributed by atoms with Gasteiger partial charge in [0.05, 0.1) is 17.2 Å². The third-order valence-electron chi connectivity index (χ3n) is 2.67. The largest absolute Gasteiger partial charge is 0.290 e. The molecular formula is C11H9N5O. The first kappa shape index (κ1) is 9.73. The number of hydrogen-bond acceptors (Lipinski definition) is 4. The quantitative estimate of drug-likeness (QED) is 0.324. The van der Waals surface area contributed by atoms with Gasteiger partial charge >= 0.3 is 0 Å². The van der Waals surface area contributed by atoms with E-state index in [1.165, 1.54) is 0 Å². The Morgan fingerprint density at radius 1 is 1.35 bits per heavy atom. The summed E-state index contributed by atoms with van der Waals surface area (Å²) in [4.78, 5) is 15.7. The molecule has 2 heterocycles. The van der Waals surface area contributed by atoms with E-state index in [0.717, 1.165) is 21.8 Å². The van der Waals surface area contributed by atoms with E-state index in [-0.39, 0.29) is 5.91 Å². The number of amides is 1. The Balaban J connectivity index is 2.35. The van der Waals surface area contributed by atoms with Gasteiger partial charge in [0, 0.05) is 22.5 Å². The highest BCUT2D eigenvalue weighted by molar-refractivity contribution is 6.06. The SMILES string of the molecule is NNC(=O)c1ccc2ncc3cn[nH]c3c2c1. The lowest BCUT2D eigenvalue weighted by Crippen LogP contribution is -2.29. The fourth-order valence-corrected chi connectivity index (χ4v) is 1.82. The Hall–Kier alpha value is -2.47. The minimum Gasteiger partial charge on any atom is -0.290 e. The summed E-state index contributed by atoms with van der Waals surface area (Å²) in [5, 5.41) is 8.60. The van der Waals surface area contributed by atoms with Gasteiger partial charge in [0.1, 0.15) is 0 Å². The van der Waals surface area contributed by atoms with Crippen molar-refractivity contribution in [3.8, 4) is 0 Å². The van der Waals surface area contributed by atoms with Crippen LogP contribution in [0.5, 0.6) is 0 Å². The van der Waals surface area contributed by atoms with Gasteiger partial charge in [0.2, 0.25) is 0 Å². The molecule has 4 N–H and O–H groups in total. The maximum absolute atomic E-state index is 11.4. The first-order valence-electron chi connectivity index (χ1n) is 5.02. The lowest BCUT2D eigenvalue weighted by atomic mass is 10.1. The molecule has 6 heteroatoms. The second-order valence-corrected chi connectivity index (χ2v) is 3.66. The number of hydrazine groups is 1. The van der Waals surface area contributed by atoms with Gasteiger partial charge in [-0.3, -0.25) is 20.3 Å². The van der Waals surface area contributed by atoms with Crippen molar-refractivity contribution in [3.05, 3.63) is 36.2 Å². The van der Waals surface area contributed by atoms with Gasteiger partial charge in [0.25, 0.3) is 5.91 Å². The van der Waals surface area contributed by atoms with E-state index in [2.05, 4.69) is 20.6 Å². The number of aromatic nitrogens is 3. The Morgan fingerprint density at radius 3 is 3.06 bits per heavy atom. The van der Waals surface area contributed by atoms with Crippen molar-refractivity contribution >= 4 is 27.7 Å². The van der Waals surface area contributed by atoms with Crippen molar-refractivity contribution in [3.63, 3.8) is 0 Å². The number of H-pyrrole nitrogens is 1. The molecule has 0 aliphatic heterocycles. The molecule has 0 aliphatic carbocycles. The molecule has 3 aromatic rings. The number of carbonyl (C=O) groups is 1. The Kier molecular flexibility index (Phi) is 2.02. The average Bonchev–Trinajstić information content (AvgIpc) is 2.85. The van der Waals surface area contributed by atoms with Gasteiger partial charge in [0.15, 0.2) is 0 Å². The minimum absolute atomic E-state index is 0.330. The predicted molar refractivity (Wildman–Crippen MR) is 63.0 cm³/mol. The summed E-state index contributed by atoms with van der Waals surface area (Å²) in [5.41, 5.74) is 4.26. The summed E-state index contributed by atoms with van der Waals surface area (Å²) < 4.78 is 0. The number of fused-ring (bicyclic) bond motifs is 3. The van der Waals surface area contributed by atoms with Crippen LogP contribution in [0, 0.1) is 0 Å². The van der Waals surface area contributed by atoms with E-state index in [1.54, 1.807) is 30.6 Å². The van der Waals surface area contributed by atoms with E-state index in [0.29, 0.717) is 5.56 Å². The first-order chi connectivity index (χ1) is 8.29. The van der Waals surface area contributed by atoms with Crippen LogP contribution in [0.15, 0.2) is 30.6 Å². The molecule has 0 radical (unpaired) electrons.